The fraction of sp³-hybridized carbons (Fsp3) is 0.750. The molecule has 3 nitrogen and oxygen atoms in total. The Morgan fingerprint density at radius 2 is 2.13 bits per heavy atom. The van der Waals surface area contributed by atoms with Gasteiger partial charge in [-0.1, -0.05) is 26.2 Å². The summed E-state index contributed by atoms with van der Waals surface area (Å²) in [5.74, 6) is 1.85. The highest BCUT2D eigenvalue weighted by atomic mass is 16.4. The summed E-state index contributed by atoms with van der Waals surface area (Å²) in [6.45, 7) is 2.90. The molecule has 0 aliphatic heterocycles. The molecule has 15 heavy (non-hydrogen) atoms. The van der Waals surface area contributed by atoms with E-state index in [1.807, 2.05) is 6.20 Å². The third-order valence-electron chi connectivity index (χ3n) is 3.46. The van der Waals surface area contributed by atoms with Crippen molar-refractivity contribution < 1.29 is 4.42 Å². The van der Waals surface area contributed by atoms with Crippen LogP contribution in [-0.4, -0.2) is 11.5 Å². The highest BCUT2D eigenvalue weighted by Gasteiger charge is 2.32. The minimum atomic E-state index is 0.220. The van der Waals surface area contributed by atoms with Gasteiger partial charge in [0.15, 0.2) is 5.89 Å². The molecule has 2 N–H and O–H groups in total. The Morgan fingerprint density at radius 3 is 2.80 bits per heavy atom. The number of nitrogens with zero attached hydrogens (tertiary/aromatic N) is 1. The van der Waals surface area contributed by atoms with Crippen LogP contribution in [0.5, 0.6) is 0 Å². The van der Waals surface area contributed by atoms with Crippen molar-refractivity contribution in [1.29, 1.82) is 0 Å². The SMILES string of the molecule is CC1(c2cnc(CCN)o2)CCCCC1. The van der Waals surface area contributed by atoms with Crippen LogP contribution in [0, 0.1) is 0 Å². The van der Waals surface area contributed by atoms with Gasteiger partial charge in [-0.05, 0) is 12.8 Å². The van der Waals surface area contributed by atoms with Crippen molar-refractivity contribution in [2.75, 3.05) is 6.54 Å². The second kappa shape index (κ2) is 4.35. The van der Waals surface area contributed by atoms with Crippen molar-refractivity contribution in [3.63, 3.8) is 0 Å². The maximum atomic E-state index is 5.78. The molecule has 0 spiro atoms. The van der Waals surface area contributed by atoms with Gasteiger partial charge in [0.05, 0.1) is 6.20 Å². The Morgan fingerprint density at radius 1 is 1.40 bits per heavy atom. The van der Waals surface area contributed by atoms with E-state index in [4.69, 9.17) is 10.2 Å². The molecule has 1 fully saturated rings. The Hall–Kier alpha value is -0.830. The fourth-order valence-corrected chi connectivity index (χ4v) is 2.41. The summed E-state index contributed by atoms with van der Waals surface area (Å²) in [6, 6.07) is 0. The topological polar surface area (TPSA) is 52.0 Å². The van der Waals surface area contributed by atoms with Crippen LogP contribution in [0.4, 0.5) is 0 Å². The van der Waals surface area contributed by atoms with Gasteiger partial charge in [-0.2, -0.15) is 0 Å². The lowest BCUT2D eigenvalue weighted by Crippen LogP contribution is -2.24. The molecular weight excluding hydrogens is 188 g/mol. The lowest BCUT2D eigenvalue weighted by Gasteiger charge is -2.30. The van der Waals surface area contributed by atoms with E-state index < -0.39 is 0 Å². The Kier molecular flexibility index (Phi) is 3.10. The van der Waals surface area contributed by atoms with E-state index in [2.05, 4.69) is 11.9 Å². The minimum Gasteiger partial charge on any atom is -0.445 e. The number of rotatable bonds is 3. The molecule has 2 rings (SSSR count). The van der Waals surface area contributed by atoms with Crippen molar-refractivity contribution in [3.05, 3.63) is 17.8 Å². The number of aromatic nitrogens is 1. The molecule has 1 aromatic heterocycles. The quantitative estimate of drug-likeness (QED) is 0.829. The first kappa shape index (κ1) is 10.7. The summed E-state index contributed by atoms with van der Waals surface area (Å²) in [5, 5.41) is 0. The molecule has 1 aliphatic rings. The molecule has 1 aliphatic carbocycles. The molecule has 3 heteroatoms. The van der Waals surface area contributed by atoms with E-state index in [9.17, 15) is 0 Å². The van der Waals surface area contributed by atoms with E-state index >= 15 is 0 Å². The molecule has 1 saturated carbocycles. The second-order valence-corrected chi connectivity index (χ2v) is 4.78. The average Bonchev–Trinajstić information content (AvgIpc) is 2.69. The van der Waals surface area contributed by atoms with E-state index in [0.717, 1.165) is 18.1 Å². The van der Waals surface area contributed by atoms with Crippen molar-refractivity contribution in [3.8, 4) is 0 Å². The molecule has 0 unspecified atom stereocenters. The fourth-order valence-electron chi connectivity index (χ4n) is 2.41. The van der Waals surface area contributed by atoms with Gasteiger partial charge in [0.2, 0.25) is 0 Å². The zero-order valence-electron chi connectivity index (χ0n) is 9.46. The van der Waals surface area contributed by atoms with Crippen LogP contribution in [0.1, 0.15) is 50.7 Å². The third kappa shape index (κ3) is 2.23. The Bertz CT molecular complexity index is 313. The van der Waals surface area contributed by atoms with Crippen LogP contribution in [-0.2, 0) is 11.8 Å². The van der Waals surface area contributed by atoms with Crippen LogP contribution >= 0.6 is 0 Å². The molecule has 84 valence electrons. The highest BCUT2D eigenvalue weighted by molar-refractivity contribution is 5.11. The van der Waals surface area contributed by atoms with Gasteiger partial charge in [0, 0.05) is 18.4 Å². The van der Waals surface area contributed by atoms with Crippen molar-refractivity contribution in [1.82, 2.24) is 4.98 Å². The number of nitrogens with two attached hydrogens (primary N) is 1. The van der Waals surface area contributed by atoms with Gasteiger partial charge in [0.25, 0.3) is 0 Å². The number of hydrogen-bond donors (Lipinski definition) is 1. The van der Waals surface area contributed by atoms with Gasteiger partial charge >= 0.3 is 0 Å². The summed E-state index contributed by atoms with van der Waals surface area (Å²) in [6.07, 6.45) is 9.08. The smallest absolute Gasteiger partial charge is 0.195 e. The summed E-state index contributed by atoms with van der Waals surface area (Å²) < 4.78 is 5.78. The zero-order chi connectivity index (χ0) is 10.7. The van der Waals surface area contributed by atoms with E-state index in [-0.39, 0.29) is 5.41 Å². The van der Waals surface area contributed by atoms with Gasteiger partial charge in [-0.15, -0.1) is 0 Å². The predicted octanol–water partition coefficient (Wildman–Crippen LogP) is 2.40. The van der Waals surface area contributed by atoms with Crippen LogP contribution in [0.2, 0.25) is 0 Å². The van der Waals surface area contributed by atoms with Crippen molar-refractivity contribution in [2.45, 2.75) is 50.9 Å². The maximum absolute atomic E-state index is 5.78. The molecule has 0 amide bonds. The van der Waals surface area contributed by atoms with Gasteiger partial charge in [-0.25, -0.2) is 4.98 Å². The average molecular weight is 208 g/mol. The first-order chi connectivity index (χ1) is 7.24. The monoisotopic (exact) mass is 208 g/mol. The van der Waals surface area contributed by atoms with E-state index in [1.165, 1.54) is 32.1 Å². The van der Waals surface area contributed by atoms with Crippen LogP contribution in [0.25, 0.3) is 0 Å². The first-order valence-corrected chi connectivity index (χ1v) is 5.90. The van der Waals surface area contributed by atoms with Crippen LogP contribution < -0.4 is 5.73 Å². The molecule has 0 bridgehead atoms. The predicted molar refractivity (Wildman–Crippen MR) is 59.7 cm³/mol. The second-order valence-electron chi connectivity index (χ2n) is 4.78. The molecule has 0 radical (unpaired) electrons. The first-order valence-electron chi connectivity index (χ1n) is 5.90. The molecule has 1 aromatic rings. The molecular formula is C12H20N2O. The standard InChI is InChI=1S/C12H20N2O/c1-12(6-3-2-4-7-12)10-9-14-11(15-10)5-8-13/h9H,2-8,13H2,1H3. The molecule has 0 atom stereocenters. The minimum absolute atomic E-state index is 0.220. The molecule has 0 aromatic carbocycles. The lowest BCUT2D eigenvalue weighted by atomic mass is 9.74. The van der Waals surface area contributed by atoms with Gasteiger partial charge < -0.3 is 10.2 Å². The van der Waals surface area contributed by atoms with Gasteiger partial charge in [-0.3, -0.25) is 0 Å². The molecule has 1 heterocycles. The van der Waals surface area contributed by atoms with Crippen LogP contribution in [0.3, 0.4) is 0 Å². The highest BCUT2D eigenvalue weighted by Crippen LogP contribution is 2.39. The van der Waals surface area contributed by atoms with Crippen molar-refractivity contribution >= 4 is 0 Å². The van der Waals surface area contributed by atoms with E-state index in [1.54, 1.807) is 0 Å². The summed E-state index contributed by atoms with van der Waals surface area (Å²) in [5.41, 5.74) is 5.70. The summed E-state index contributed by atoms with van der Waals surface area (Å²) in [7, 11) is 0. The maximum Gasteiger partial charge on any atom is 0.195 e. The van der Waals surface area contributed by atoms with E-state index in [0.29, 0.717) is 6.54 Å². The molecule has 0 saturated heterocycles. The largest absolute Gasteiger partial charge is 0.445 e. The third-order valence-corrected chi connectivity index (χ3v) is 3.46. The Labute approximate surface area is 91.1 Å². The number of hydrogen-bond acceptors (Lipinski definition) is 3. The van der Waals surface area contributed by atoms with Crippen molar-refractivity contribution in [2.24, 2.45) is 5.73 Å². The summed E-state index contributed by atoms with van der Waals surface area (Å²) >= 11 is 0. The number of oxazole rings is 1. The summed E-state index contributed by atoms with van der Waals surface area (Å²) in [4.78, 5) is 4.28. The zero-order valence-corrected chi connectivity index (χ0v) is 9.46. The van der Waals surface area contributed by atoms with Crippen LogP contribution in [0.15, 0.2) is 10.6 Å². The Balaban J connectivity index is 2.12. The lowest BCUT2D eigenvalue weighted by molar-refractivity contribution is 0.261. The normalized spacial score (nSPS) is 20.4. The van der Waals surface area contributed by atoms with Gasteiger partial charge in [0.1, 0.15) is 5.76 Å².